The fraction of sp³-hybridized carbons (Fsp3) is 0.0370. The van der Waals surface area contributed by atoms with Crippen LogP contribution in [0.25, 0.3) is 95.4 Å². The first-order chi connectivity index (χ1) is 29.2. The van der Waals surface area contributed by atoms with E-state index in [1.807, 2.05) is 18.2 Å². The monoisotopic (exact) mass is 757 g/mol. The average molecular weight is 758 g/mol. The van der Waals surface area contributed by atoms with Gasteiger partial charge in [0.2, 0.25) is 0 Å². The van der Waals surface area contributed by atoms with E-state index in [0.717, 1.165) is 90.2 Å². The topological polar surface area (TPSA) is 56.5 Å². The summed E-state index contributed by atoms with van der Waals surface area (Å²) in [5.41, 5.74) is 14.9. The maximum absolute atomic E-state index is 5.18. The zero-order valence-corrected chi connectivity index (χ0v) is 32.6. The van der Waals surface area contributed by atoms with Gasteiger partial charge in [-0.05, 0) is 87.0 Å². The second-order valence-corrected chi connectivity index (χ2v) is 14.6. The Hall–Kier alpha value is -7.76. The smallest absolute Gasteiger partial charge is 0.164 e. The largest absolute Gasteiger partial charge is 0.296 e. The van der Waals surface area contributed by atoms with Crippen molar-refractivity contribution in [3.63, 3.8) is 0 Å². The minimum atomic E-state index is 0.612. The molecule has 0 unspecified atom stereocenters. The highest BCUT2D eigenvalue weighted by Crippen LogP contribution is 2.36. The van der Waals surface area contributed by atoms with Gasteiger partial charge >= 0.3 is 0 Å². The van der Waals surface area contributed by atoms with Crippen LogP contribution in [0.2, 0.25) is 0 Å². The number of hydrogen-bond donors (Lipinski definition) is 0. The van der Waals surface area contributed by atoms with Crippen molar-refractivity contribution in [2.75, 3.05) is 0 Å². The van der Waals surface area contributed by atoms with Crippen LogP contribution in [0.3, 0.4) is 0 Å². The molecule has 0 N–H and O–H groups in total. The van der Waals surface area contributed by atoms with Crippen LogP contribution in [0.15, 0.2) is 206 Å². The van der Waals surface area contributed by atoms with Gasteiger partial charge < -0.3 is 0 Å². The maximum atomic E-state index is 5.18. The summed E-state index contributed by atoms with van der Waals surface area (Å²) in [6.07, 6.45) is 0.833. The zero-order valence-electron chi connectivity index (χ0n) is 32.6. The van der Waals surface area contributed by atoms with Gasteiger partial charge in [-0.15, -0.1) is 0 Å². The highest BCUT2D eigenvalue weighted by atomic mass is 15.1. The minimum Gasteiger partial charge on any atom is -0.296 e. The van der Waals surface area contributed by atoms with Crippen molar-refractivity contribution in [2.45, 2.75) is 13.3 Å². The van der Waals surface area contributed by atoms with Gasteiger partial charge in [-0.25, -0.2) is 19.9 Å². The lowest BCUT2D eigenvalue weighted by atomic mass is 9.93. The van der Waals surface area contributed by atoms with Gasteiger partial charge in [0.25, 0.3) is 0 Å². The van der Waals surface area contributed by atoms with Gasteiger partial charge in [0, 0.05) is 28.8 Å². The fourth-order valence-electron chi connectivity index (χ4n) is 7.93. The Morgan fingerprint density at radius 3 is 1.29 bits per heavy atom. The number of para-hydroxylation sites is 2. The Balaban J connectivity index is 1.08. The summed E-state index contributed by atoms with van der Waals surface area (Å²) < 4.78 is 2.28. The first-order valence-electron chi connectivity index (χ1n) is 20.0. The van der Waals surface area contributed by atoms with Crippen LogP contribution in [0, 0.1) is 0 Å². The molecule has 0 saturated heterocycles. The molecular formula is C54H39N5. The summed E-state index contributed by atoms with van der Waals surface area (Å²) in [6.45, 7) is 2.16. The van der Waals surface area contributed by atoms with Crippen molar-refractivity contribution >= 4 is 11.0 Å². The molecule has 0 atom stereocenters. The van der Waals surface area contributed by atoms with E-state index in [1.165, 1.54) is 0 Å². The van der Waals surface area contributed by atoms with Crippen LogP contribution >= 0.6 is 0 Å². The number of fused-ring (bicyclic) bond motifs is 1. The van der Waals surface area contributed by atoms with E-state index in [1.54, 1.807) is 0 Å². The Morgan fingerprint density at radius 1 is 0.339 bits per heavy atom. The highest BCUT2D eigenvalue weighted by Gasteiger charge is 2.17. The molecule has 5 heteroatoms. The number of nitrogens with zero attached hydrogens (tertiary/aromatic N) is 5. The highest BCUT2D eigenvalue weighted by molar-refractivity contribution is 5.86. The minimum absolute atomic E-state index is 0.612. The molecule has 0 spiro atoms. The number of benzene rings is 8. The molecule has 0 amide bonds. The molecule has 10 aromatic rings. The lowest BCUT2D eigenvalue weighted by Crippen LogP contribution is -2.01. The van der Waals surface area contributed by atoms with Crippen LogP contribution in [-0.4, -0.2) is 24.5 Å². The van der Waals surface area contributed by atoms with E-state index >= 15 is 0 Å². The fourth-order valence-corrected chi connectivity index (χ4v) is 7.93. The van der Waals surface area contributed by atoms with E-state index in [0.29, 0.717) is 17.5 Å². The zero-order chi connectivity index (χ0) is 39.5. The van der Waals surface area contributed by atoms with Crippen molar-refractivity contribution in [3.8, 4) is 84.4 Å². The van der Waals surface area contributed by atoms with Gasteiger partial charge in [0.15, 0.2) is 17.5 Å². The van der Waals surface area contributed by atoms with Gasteiger partial charge in [-0.1, -0.05) is 171 Å². The Morgan fingerprint density at radius 2 is 0.746 bits per heavy atom. The molecule has 0 saturated carbocycles. The van der Waals surface area contributed by atoms with E-state index in [-0.39, 0.29) is 0 Å². The standard InChI is InChI=1S/C54H39N5/c1-2-51-55-49-31-11-12-32-50(49)59(51)46-28-16-24-42(36-46)48-30-10-9-29-47(48)41-23-15-27-45(35-41)54-57-52(43-25-13-21-39(33-43)37-17-5-3-6-18-37)56-53(58-54)44-26-14-22-40(34-44)38-19-7-4-8-20-38/h3-36H,2H2,1H3. The van der Waals surface area contributed by atoms with E-state index in [2.05, 4.69) is 200 Å². The molecule has 0 aliphatic carbocycles. The van der Waals surface area contributed by atoms with Crippen molar-refractivity contribution in [1.82, 2.24) is 24.5 Å². The molecule has 0 aliphatic heterocycles. The summed E-state index contributed by atoms with van der Waals surface area (Å²) in [4.78, 5) is 20.4. The van der Waals surface area contributed by atoms with Gasteiger partial charge in [-0.3, -0.25) is 4.57 Å². The Bertz CT molecular complexity index is 2990. The molecule has 0 radical (unpaired) electrons. The van der Waals surface area contributed by atoms with Crippen LogP contribution in [0.4, 0.5) is 0 Å². The predicted octanol–water partition coefficient (Wildman–Crippen LogP) is 13.4. The van der Waals surface area contributed by atoms with Crippen LogP contribution < -0.4 is 0 Å². The van der Waals surface area contributed by atoms with Crippen molar-refractivity contribution in [3.05, 3.63) is 212 Å². The van der Waals surface area contributed by atoms with Crippen LogP contribution in [-0.2, 0) is 6.42 Å². The average Bonchev–Trinajstić information content (AvgIpc) is 3.71. The van der Waals surface area contributed by atoms with E-state index < -0.39 is 0 Å². The Kier molecular flexibility index (Phi) is 9.45. The lowest BCUT2D eigenvalue weighted by molar-refractivity contribution is 0.908. The number of aryl methyl sites for hydroxylation is 1. The summed E-state index contributed by atoms with van der Waals surface area (Å²) in [7, 11) is 0. The maximum Gasteiger partial charge on any atom is 0.164 e. The van der Waals surface area contributed by atoms with Gasteiger partial charge in [-0.2, -0.15) is 0 Å². The van der Waals surface area contributed by atoms with Gasteiger partial charge in [0.05, 0.1) is 11.0 Å². The van der Waals surface area contributed by atoms with Crippen molar-refractivity contribution in [2.24, 2.45) is 0 Å². The van der Waals surface area contributed by atoms with Gasteiger partial charge in [0.1, 0.15) is 5.82 Å². The third-order valence-corrected chi connectivity index (χ3v) is 10.8. The lowest BCUT2D eigenvalue weighted by Gasteiger charge is -2.14. The Labute approximate surface area is 344 Å². The molecule has 10 rings (SSSR count). The number of imidazole rings is 1. The normalized spacial score (nSPS) is 11.2. The SMILES string of the molecule is CCc1nc2ccccc2n1-c1cccc(-c2ccccc2-c2cccc(-c3nc(-c4cccc(-c5ccccc5)c4)nc(-c4cccc(-c5ccccc5)c4)n3)c2)c1. The van der Waals surface area contributed by atoms with Crippen molar-refractivity contribution < 1.29 is 0 Å². The number of rotatable bonds is 9. The molecule has 0 fully saturated rings. The first-order valence-corrected chi connectivity index (χ1v) is 20.0. The summed E-state index contributed by atoms with van der Waals surface area (Å²) in [5.74, 6) is 2.89. The third-order valence-electron chi connectivity index (χ3n) is 10.8. The summed E-state index contributed by atoms with van der Waals surface area (Å²) in [5, 5.41) is 0. The molecule has 2 aromatic heterocycles. The molecule has 0 bridgehead atoms. The molecule has 280 valence electrons. The number of aromatic nitrogens is 5. The first kappa shape index (κ1) is 35.6. The van der Waals surface area contributed by atoms with Crippen LogP contribution in [0.1, 0.15) is 12.7 Å². The molecule has 5 nitrogen and oxygen atoms in total. The third kappa shape index (κ3) is 7.11. The van der Waals surface area contributed by atoms with Crippen LogP contribution in [0.5, 0.6) is 0 Å². The van der Waals surface area contributed by atoms with E-state index in [4.69, 9.17) is 19.9 Å². The summed E-state index contributed by atoms with van der Waals surface area (Å²) in [6, 6.07) is 72.0. The second kappa shape index (κ2) is 15.6. The predicted molar refractivity (Wildman–Crippen MR) is 242 cm³/mol. The molecule has 59 heavy (non-hydrogen) atoms. The molecular weight excluding hydrogens is 719 g/mol. The quantitative estimate of drug-likeness (QED) is 0.147. The van der Waals surface area contributed by atoms with Crippen molar-refractivity contribution in [1.29, 1.82) is 0 Å². The second-order valence-electron chi connectivity index (χ2n) is 14.6. The molecule has 2 heterocycles. The van der Waals surface area contributed by atoms with E-state index in [9.17, 15) is 0 Å². The number of hydrogen-bond acceptors (Lipinski definition) is 4. The molecule has 0 aliphatic rings. The molecule has 8 aromatic carbocycles. The summed E-state index contributed by atoms with van der Waals surface area (Å²) >= 11 is 0.